The van der Waals surface area contributed by atoms with Gasteiger partial charge in [0.1, 0.15) is 0 Å². The molecule has 0 fully saturated rings. The van der Waals surface area contributed by atoms with E-state index in [-0.39, 0.29) is 16.2 Å². The zero-order valence-corrected chi connectivity index (χ0v) is 80.1. The fraction of sp³-hybridized carbons (Fsp3) is 0.0672. The molecular formula is C134H97N9. The Morgan fingerprint density at radius 2 is 0.497 bits per heavy atom. The topological polar surface area (TPSA) is 116 Å². The quantitative estimate of drug-likeness (QED) is 0.0989. The molecule has 0 aliphatic heterocycles. The number of pyridine rings is 3. The first kappa shape index (κ1) is 87.7. The third-order valence-electron chi connectivity index (χ3n) is 29.0. The molecule has 9 nitrogen and oxygen atoms in total. The molecule has 0 atom stereocenters. The van der Waals surface area contributed by atoms with E-state index in [4.69, 9.17) is 34.9 Å². The zero-order chi connectivity index (χ0) is 96.3. The van der Waals surface area contributed by atoms with Gasteiger partial charge in [0.25, 0.3) is 0 Å². The maximum atomic E-state index is 5.10. The van der Waals surface area contributed by atoms with E-state index in [0.29, 0.717) is 17.5 Å². The van der Waals surface area contributed by atoms with Crippen molar-refractivity contribution in [2.24, 2.45) is 0 Å². The molecule has 0 saturated heterocycles. The third-order valence-corrected chi connectivity index (χ3v) is 29.0. The van der Waals surface area contributed by atoms with Crippen LogP contribution in [0.5, 0.6) is 0 Å². The first-order valence-electron chi connectivity index (χ1n) is 48.9. The average molecular weight is 1830 g/mol. The lowest BCUT2D eigenvalue weighted by molar-refractivity contribution is 0.660. The summed E-state index contributed by atoms with van der Waals surface area (Å²) in [5.41, 5.74) is 44.2. The van der Waals surface area contributed by atoms with Crippen LogP contribution in [0.15, 0.2) is 480 Å². The Kier molecular flexibility index (Phi) is 22.5. The van der Waals surface area contributed by atoms with Crippen molar-refractivity contribution in [2.45, 2.75) is 57.8 Å². The van der Waals surface area contributed by atoms with E-state index < -0.39 is 0 Å². The highest BCUT2D eigenvalue weighted by Crippen LogP contribution is 2.56. The van der Waals surface area contributed by atoms with Crippen molar-refractivity contribution in [1.29, 1.82) is 0 Å². The van der Waals surface area contributed by atoms with Gasteiger partial charge in [0, 0.05) is 102 Å². The van der Waals surface area contributed by atoms with Gasteiger partial charge in [-0.2, -0.15) is 0 Å². The molecule has 0 amide bonds. The molecular weight excluding hydrogens is 1740 g/mol. The van der Waals surface area contributed by atoms with Crippen molar-refractivity contribution in [3.63, 3.8) is 0 Å². The van der Waals surface area contributed by atoms with Crippen molar-refractivity contribution in [1.82, 2.24) is 44.9 Å². The van der Waals surface area contributed by atoms with E-state index in [1.807, 2.05) is 134 Å². The molecule has 0 saturated carbocycles. The Balaban J connectivity index is 0.000000116. The molecule has 0 N–H and O–H groups in total. The minimum atomic E-state index is -0.0964. The van der Waals surface area contributed by atoms with Crippen LogP contribution in [0.1, 0.15) is 74.9 Å². The third kappa shape index (κ3) is 16.7. The lowest BCUT2D eigenvalue weighted by Gasteiger charge is -2.23. The first-order chi connectivity index (χ1) is 70.1. The van der Waals surface area contributed by atoms with E-state index in [0.717, 1.165) is 118 Å². The number of hydrogen-bond acceptors (Lipinski definition) is 9. The molecule has 17 aromatic carbocycles. The normalized spacial score (nSPS) is 12.9. The molecule has 0 unspecified atom stereocenters. The average Bonchev–Trinajstić information content (AvgIpc) is 1.56. The summed E-state index contributed by atoms with van der Waals surface area (Å²) >= 11 is 0. The molecule has 678 valence electrons. The van der Waals surface area contributed by atoms with Gasteiger partial charge in [0.15, 0.2) is 17.5 Å². The van der Waals surface area contributed by atoms with Gasteiger partial charge in [-0.3, -0.25) is 15.0 Å². The van der Waals surface area contributed by atoms with Crippen molar-refractivity contribution in [3.05, 3.63) is 513 Å². The molecule has 0 radical (unpaired) electrons. The van der Waals surface area contributed by atoms with Gasteiger partial charge in [0.05, 0.1) is 45.6 Å². The van der Waals surface area contributed by atoms with E-state index in [9.17, 15) is 0 Å². The number of nitrogens with zero attached hydrogens (tertiary/aromatic N) is 9. The van der Waals surface area contributed by atoms with Gasteiger partial charge in [-0.25, -0.2) is 29.9 Å². The second kappa shape index (κ2) is 36.7. The number of rotatable bonds is 15. The molecule has 3 aliphatic rings. The second-order valence-corrected chi connectivity index (χ2v) is 38.7. The van der Waals surface area contributed by atoms with E-state index in [2.05, 4.69) is 397 Å². The zero-order valence-electron chi connectivity index (χ0n) is 80.1. The van der Waals surface area contributed by atoms with Gasteiger partial charge in [0.2, 0.25) is 0 Å². The van der Waals surface area contributed by atoms with Crippen molar-refractivity contribution in [2.75, 3.05) is 0 Å². The van der Waals surface area contributed by atoms with Gasteiger partial charge < -0.3 is 0 Å². The number of benzene rings is 17. The molecule has 9 heteroatoms. The highest BCUT2D eigenvalue weighted by Gasteiger charge is 2.40. The molecule has 6 aromatic heterocycles. The van der Waals surface area contributed by atoms with Gasteiger partial charge in [-0.15, -0.1) is 0 Å². The monoisotopic (exact) mass is 1830 g/mol. The van der Waals surface area contributed by atoms with Crippen molar-refractivity contribution in [3.8, 4) is 202 Å². The summed E-state index contributed by atoms with van der Waals surface area (Å²) in [5, 5.41) is 5.25. The Bertz CT molecular complexity index is 8740. The largest absolute Gasteiger partial charge is 0.265 e. The van der Waals surface area contributed by atoms with Crippen LogP contribution in [0.3, 0.4) is 0 Å². The summed E-state index contributed by atoms with van der Waals surface area (Å²) in [7, 11) is 0. The predicted octanol–water partition coefficient (Wildman–Crippen LogP) is 33.8. The van der Waals surface area contributed by atoms with E-state index in [1.165, 1.54) is 122 Å². The summed E-state index contributed by atoms with van der Waals surface area (Å²) in [6, 6.07) is 161. The Hall–Kier alpha value is -18.1. The minimum Gasteiger partial charge on any atom is -0.265 e. The van der Waals surface area contributed by atoms with Gasteiger partial charge in [-0.05, 0) is 206 Å². The number of aromatic nitrogens is 9. The first-order valence-corrected chi connectivity index (χ1v) is 48.9. The predicted molar refractivity (Wildman–Crippen MR) is 589 cm³/mol. The van der Waals surface area contributed by atoms with Crippen LogP contribution in [-0.4, -0.2) is 44.9 Å². The fourth-order valence-corrected chi connectivity index (χ4v) is 21.3. The van der Waals surface area contributed by atoms with Crippen LogP contribution in [0.4, 0.5) is 0 Å². The highest BCUT2D eigenvalue weighted by atomic mass is 14.9. The molecule has 0 bridgehead atoms. The van der Waals surface area contributed by atoms with Crippen molar-refractivity contribution >= 4 is 21.5 Å². The molecule has 3 aliphatic carbocycles. The Morgan fingerprint density at radius 1 is 0.168 bits per heavy atom. The van der Waals surface area contributed by atoms with E-state index in [1.54, 1.807) is 0 Å². The highest BCUT2D eigenvalue weighted by molar-refractivity contribution is 6.04. The smallest absolute Gasteiger partial charge is 0.161 e. The molecule has 0 spiro atoms. The lowest BCUT2D eigenvalue weighted by Crippen LogP contribution is -2.15. The van der Waals surface area contributed by atoms with Crippen LogP contribution < -0.4 is 0 Å². The summed E-state index contributed by atoms with van der Waals surface area (Å²) in [5.74, 6) is 2.05. The van der Waals surface area contributed by atoms with Gasteiger partial charge in [-0.1, -0.05) is 424 Å². The summed E-state index contributed by atoms with van der Waals surface area (Å²) < 4.78 is 0. The molecule has 23 aromatic rings. The fourth-order valence-electron chi connectivity index (χ4n) is 21.3. The van der Waals surface area contributed by atoms with Crippen LogP contribution in [-0.2, 0) is 16.2 Å². The SMILES string of the molecule is CC1(C)c2cc(-c3ccc(-c4cc(-c5ccccc5)nc(-c5ccc(-c6ccccc6)nc5)n4)cc3)ccc2-c2ccc3ccccc3c21.CC1(C)c2cc(-c3ccc(-c4cc(-c5ccccc5)nc(-c5ccc(-c6ccncc6)cc5)n4)cc3)ccc2-c2c1ccc1ccccc21.CC1(C)c2ccccc2-c2cc(-c3ccc(-c4cc(-c5ccccc5)nc(-c5ccc(-c6ccccn6)cc5)n4)cc3)ccc21. The Morgan fingerprint density at radius 3 is 0.993 bits per heavy atom. The maximum Gasteiger partial charge on any atom is 0.161 e. The Labute approximate surface area is 833 Å². The summed E-state index contributed by atoms with van der Waals surface area (Å²) in [6.45, 7) is 14.1. The van der Waals surface area contributed by atoms with Crippen LogP contribution in [0, 0.1) is 0 Å². The summed E-state index contributed by atoms with van der Waals surface area (Å²) in [4.78, 5) is 43.7. The van der Waals surface area contributed by atoms with Crippen molar-refractivity contribution < 1.29 is 0 Å². The maximum absolute atomic E-state index is 5.10. The minimum absolute atomic E-state index is 0.00819. The standard InChI is InChI=1S/2C46H33N3.C42H31N3/c1-46(2)40-27-35(22-24-38(40)39-25-21-31-11-9-10-16-37(31)44(39)46)30-17-19-34(20-18-30)43-28-42(33-14-7-4-8-15-33)48-45(49-43)36-23-26-41(47-29-36)32-12-5-3-6-13-32;1-46(2)40-23-21-33-8-6-7-11-38(33)44(40)39-22-20-37(28-41(39)46)31-12-16-35(17-13-31)43-29-42(34-9-4-3-5-10-34)48-45(49-43)36-18-14-30(15-19-36)32-24-26-47-27-25-32;1-42(2)36-13-7-6-12-34(36)35-26-33(23-24-37(35)42)28-15-17-31(18-16-28)40-27-39(29-10-4-3-5-11-29)44-41(45-40)32-21-19-30(20-22-32)38-14-8-9-25-43-38/h2*3-29H,1-2H3;3-27H,1-2H3. The number of fused-ring (bicyclic) bond motifs is 13. The second-order valence-electron chi connectivity index (χ2n) is 38.7. The lowest BCUT2D eigenvalue weighted by atomic mass is 9.79. The van der Waals surface area contributed by atoms with E-state index >= 15 is 0 Å². The van der Waals surface area contributed by atoms with Crippen LogP contribution in [0.25, 0.3) is 224 Å². The summed E-state index contributed by atoms with van der Waals surface area (Å²) in [6.07, 6.45) is 7.32. The van der Waals surface area contributed by atoms with Crippen LogP contribution in [0.2, 0.25) is 0 Å². The van der Waals surface area contributed by atoms with Crippen LogP contribution >= 0.6 is 0 Å². The number of hydrogen-bond donors (Lipinski definition) is 0. The molecule has 143 heavy (non-hydrogen) atoms. The molecule has 26 rings (SSSR count). The molecule has 6 heterocycles. The van der Waals surface area contributed by atoms with Gasteiger partial charge >= 0.3 is 0 Å².